The maximum atomic E-state index is 13.6. The van der Waals surface area contributed by atoms with Crippen molar-refractivity contribution in [1.29, 1.82) is 0 Å². The number of sulfone groups is 1. The minimum absolute atomic E-state index is 0.0145. The van der Waals surface area contributed by atoms with E-state index in [9.17, 15) is 13.2 Å². The van der Waals surface area contributed by atoms with E-state index in [2.05, 4.69) is 0 Å². The van der Waals surface area contributed by atoms with Gasteiger partial charge in [0.15, 0.2) is 15.6 Å². The largest absolute Gasteiger partial charge is 0.491 e. The molecule has 0 aliphatic heterocycles. The molecule has 0 N–H and O–H groups in total. The second-order valence-corrected chi connectivity index (χ2v) is 10.4. The van der Waals surface area contributed by atoms with E-state index in [0.29, 0.717) is 16.9 Å². The highest BCUT2D eigenvalue weighted by atomic mass is 32.2. The first-order valence-electron chi connectivity index (χ1n) is 10.9. The Bertz CT molecular complexity index is 1140. The Hall–Kier alpha value is -2.92. The van der Waals surface area contributed by atoms with Crippen LogP contribution in [0.3, 0.4) is 0 Å². The Morgan fingerprint density at radius 3 is 2.00 bits per heavy atom. The normalized spacial score (nSPS) is 12.5. The van der Waals surface area contributed by atoms with Crippen LogP contribution in [0.2, 0.25) is 0 Å². The van der Waals surface area contributed by atoms with Gasteiger partial charge in [-0.15, -0.1) is 0 Å². The van der Waals surface area contributed by atoms with Gasteiger partial charge in [0.25, 0.3) is 0 Å². The number of carbonyl (C=O) groups is 1. The van der Waals surface area contributed by atoms with Crippen molar-refractivity contribution in [3.63, 3.8) is 0 Å². The molecule has 32 heavy (non-hydrogen) atoms. The summed E-state index contributed by atoms with van der Waals surface area (Å²) in [7, 11) is -3.78. The first-order chi connectivity index (χ1) is 15.2. The van der Waals surface area contributed by atoms with Crippen molar-refractivity contribution < 1.29 is 17.9 Å². The third-order valence-electron chi connectivity index (χ3n) is 5.40. The number of aryl methyl sites for hydroxylation is 2. The summed E-state index contributed by atoms with van der Waals surface area (Å²) in [6, 6.07) is 21.1. The fourth-order valence-electron chi connectivity index (χ4n) is 3.54. The molecule has 0 radical (unpaired) electrons. The fourth-order valence-corrected chi connectivity index (χ4v) is 5.27. The van der Waals surface area contributed by atoms with E-state index in [4.69, 9.17) is 4.74 Å². The van der Waals surface area contributed by atoms with Crippen LogP contribution in [0, 0.1) is 6.92 Å². The Morgan fingerprint density at radius 2 is 1.47 bits per heavy atom. The van der Waals surface area contributed by atoms with Gasteiger partial charge in [-0.25, -0.2) is 8.42 Å². The Kier molecular flexibility index (Phi) is 7.52. The summed E-state index contributed by atoms with van der Waals surface area (Å²) in [5.74, 6) is 0.465. The molecule has 168 valence electrons. The second-order valence-electron chi connectivity index (χ2n) is 8.26. The van der Waals surface area contributed by atoms with Crippen molar-refractivity contribution in [2.75, 3.05) is 0 Å². The second kappa shape index (κ2) is 10.1. The molecular formula is C27H30O4S. The molecule has 0 amide bonds. The molecule has 0 saturated carbocycles. The van der Waals surface area contributed by atoms with Gasteiger partial charge in [-0.05, 0) is 62.6 Å². The first-order valence-corrected chi connectivity index (χ1v) is 12.4. The molecule has 3 aromatic rings. The lowest BCUT2D eigenvalue weighted by molar-refractivity contribution is 0.0980. The number of Topliss-reactive ketones (excluding diaryl/α,β-unsaturated/α-hetero) is 1. The van der Waals surface area contributed by atoms with Gasteiger partial charge in [0.2, 0.25) is 0 Å². The lowest BCUT2D eigenvalue weighted by atomic mass is 10.0. The SMILES string of the molecule is CCc1ccc(C(=O)CC(c2ccc(OC(C)C)cc2)S(=O)(=O)c2ccc(C)cc2)cc1. The standard InChI is InChI=1S/C27H30O4S/c1-5-21-8-10-22(11-9-21)26(28)18-27(23-12-14-24(15-13-23)31-19(2)3)32(29,30)25-16-6-20(4)7-17-25/h6-17,19,27H,5,18H2,1-4H3. The van der Waals surface area contributed by atoms with Gasteiger partial charge in [0.1, 0.15) is 5.75 Å². The van der Waals surface area contributed by atoms with Gasteiger partial charge in [-0.2, -0.15) is 0 Å². The molecule has 0 fully saturated rings. The predicted molar refractivity (Wildman–Crippen MR) is 128 cm³/mol. The quantitative estimate of drug-likeness (QED) is 0.368. The topological polar surface area (TPSA) is 60.4 Å². The molecule has 0 aromatic heterocycles. The number of hydrogen-bond acceptors (Lipinski definition) is 4. The summed E-state index contributed by atoms with van der Waals surface area (Å²) >= 11 is 0. The van der Waals surface area contributed by atoms with E-state index < -0.39 is 15.1 Å². The molecular weight excluding hydrogens is 420 g/mol. The summed E-state index contributed by atoms with van der Waals surface area (Å²) < 4.78 is 32.9. The number of rotatable bonds is 9. The van der Waals surface area contributed by atoms with Crippen LogP contribution in [0.5, 0.6) is 5.75 Å². The molecule has 0 saturated heterocycles. The van der Waals surface area contributed by atoms with E-state index in [0.717, 1.165) is 17.5 Å². The highest BCUT2D eigenvalue weighted by Crippen LogP contribution is 2.34. The fraction of sp³-hybridized carbons (Fsp3) is 0.296. The zero-order valence-electron chi connectivity index (χ0n) is 19.0. The summed E-state index contributed by atoms with van der Waals surface area (Å²) in [6.45, 7) is 7.82. The van der Waals surface area contributed by atoms with Crippen molar-refractivity contribution in [1.82, 2.24) is 0 Å². The first kappa shape index (κ1) is 23.7. The van der Waals surface area contributed by atoms with Gasteiger partial charge in [0, 0.05) is 12.0 Å². The maximum absolute atomic E-state index is 13.6. The van der Waals surface area contributed by atoms with Crippen LogP contribution < -0.4 is 4.74 Å². The Morgan fingerprint density at radius 1 is 0.875 bits per heavy atom. The van der Waals surface area contributed by atoms with Crippen molar-refractivity contribution in [2.24, 2.45) is 0 Å². The predicted octanol–water partition coefficient (Wildman–Crippen LogP) is 6.13. The summed E-state index contributed by atoms with van der Waals surface area (Å²) in [6.07, 6.45) is 0.760. The van der Waals surface area contributed by atoms with Gasteiger partial charge in [-0.1, -0.05) is 61.0 Å². The molecule has 0 spiro atoms. The Labute approximate surface area is 191 Å². The zero-order valence-corrected chi connectivity index (χ0v) is 19.9. The van der Waals surface area contributed by atoms with E-state index in [1.54, 1.807) is 60.7 Å². The van der Waals surface area contributed by atoms with Gasteiger partial charge in [0.05, 0.1) is 16.2 Å². The van der Waals surface area contributed by atoms with Crippen LogP contribution in [0.4, 0.5) is 0 Å². The lowest BCUT2D eigenvalue weighted by Crippen LogP contribution is -2.18. The van der Waals surface area contributed by atoms with Crippen LogP contribution in [0.15, 0.2) is 77.7 Å². The van der Waals surface area contributed by atoms with E-state index in [1.807, 2.05) is 39.8 Å². The highest BCUT2D eigenvalue weighted by molar-refractivity contribution is 7.91. The minimum Gasteiger partial charge on any atom is -0.491 e. The highest BCUT2D eigenvalue weighted by Gasteiger charge is 2.31. The van der Waals surface area contributed by atoms with Crippen LogP contribution in [-0.4, -0.2) is 20.3 Å². The average Bonchev–Trinajstić information content (AvgIpc) is 2.78. The zero-order chi connectivity index (χ0) is 23.3. The molecule has 4 nitrogen and oxygen atoms in total. The maximum Gasteiger partial charge on any atom is 0.185 e. The van der Waals surface area contributed by atoms with Gasteiger partial charge < -0.3 is 4.74 Å². The third-order valence-corrected chi connectivity index (χ3v) is 7.52. The molecule has 0 heterocycles. The molecule has 5 heteroatoms. The minimum atomic E-state index is -3.78. The van der Waals surface area contributed by atoms with E-state index >= 15 is 0 Å². The molecule has 0 aliphatic carbocycles. The van der Waals surface area contributed by atoms with Crippen LogP contribution in [0.1, 0.15) is 59.5 Å². The lowest BCUT2D eigenvalue weighted by Gasteiger charge is -2.19. The van der Waals surface area contributed by atoms with Crippen LogP contribution in [0.25, 0.3) is 0 Å². The van der Waals surface area contributed by atoms with Crippen molar-refractivity contribution in [2.45, 2.75) is 56.8 Å². The monoisotopic (exact) mass is 450 g/mol. The molecule has 0 aliphatic rings. The third kappa shape index (κ3) is 5.65. The van der Waals surface area contributed by atoms with Gasteiger partial charge >= 0.3 is 0 Å². The average molecular weight is 451 g/mol. The molecule has 0 bridgehead atoms. The Balaban J connectivity index is 1.98. The van der Waals surface area contributed by atoms with Crippen LogP contribution >= 0.6 is 0 Å². The van der Waals surface area contributed by atoms with E-state index in [-0.39, 0.29) is 23.2 Å². The number of carbonyl (C=O) groups excluding carboxylic acids is 1. The molecule has 3 rings (SSSR count). The molecule has 1 atom stereocenters. The number of ether oxygens (including phenoxy) is 1. The molecule has 3 aromatic carbocycles. The number of ketones is 1. The van der Waals surface area contributed by atoms with Crippen molar-refractivity contribution in [3.8, 4) is 5.75 Å². The van der Waals surface area contributed by atoms with Crippen LogP contribution in [-0.2, 0) is 16.3 Å². The van der Waals surface area contributed by atoms with Crippen molar-refractivity contribution >= 4 is 15.6 Å². The number of benzene rings is 3. The number of hydrogen-bond donors (Lipinski definition) is 0. The summed E-state index contributed by atoms with van der Waals surface area (Å²) in [5, 5.41) is -0.989. The summed E-state index contributed by atoms with van der Waals surface area (Å²) in [5.41, 5.74) is 3.19. The van der Waals surface area contributed by atoms with Crippen molar-refractivity contribution in [3.05, 3.63) is 95.1 Å². The smallest absolute Gasteiger partial charge is 0.185 e. The van der Waals surface area contributed by atoms with E-state index in [1.165, 1.54) is 0 Å². The molecule has 1 unspecified atom stereocenters. The van der Waals surface area contributed by atoms with Gasteiger partial charge in [-0.3, -0.25) is 4.79 Å². The summed E-state index contributed by atoms with van der Waals surface area (Å²) in [4.78, 5) is 13.3.